The van der Waals surface area contributed by atoms with Gasteiger partial charge in [-0.05, 0) is 49.6 Å². The maximum atomic E-state index is 12.6. The highest BCUT2D eigenvalue weighted by atomic mass is 32.2. The minimum absolute atomic E-state index is 0.0577. The first-order chi connectivity index (χ1) is 12.6. The van der Waals surface area contributed by atoms with Gasteiger partial charge in [-0.25, -0.2) is 0 Å². The van der Waals surface area contributed by atoms with Crippen molar-refractivity contribution in [2.45, 2.75) is 37.9 Å². The van der Waals surface area contributed by atoms with E-state index in [2.05, 4.69) is 10.6 Å². The Morgan fingerprint density at radius 1 is 1.04 bits per heavy atom. The van der Waals surface area contributed by atoms with Gasteiger partial charge in [0.2, 0.25) is 5.91 Å². The van der Waals surface area contributed by atoms with Crippen molar-refractivity contribution >= 4 is 35.0 Å². The second-order valence-electron chi connectivity index (χ2n) is 6.63. The number of para-hydroxylation sites is 1. The zero-order valence-corrected chi connectivity index (χ0v) is 15.8. The molecule has 1 fully saturated rings. The SMILES string of the molecule is Cc1cccc(NC(=O)c2ccccc2NC(=O)CSC2CCCC2)c1. The summed E-state index contributed by atoms with van der Waals surface area (Å²) in [5.41, 5.74) is 2.84. The topological polar surface area (TPSA) is 58.2 Å². The van der Waals surface area contributed by atoms with Crippen LogP contribution in [0.25, 0.3) is 0 Å². The van der Waals surface area contributed by atoms with Crippen LogP contribution in [0.15, 0.2) is 48.5 Å². The van der Waals surface area contributed by atoms with Gasteiger partial charge in [0.1, 0.15) is 0 Å². The second kappa shape index (κ2) is 8.90. The van der Waals surface area contributed by atoms with Gasteiger partial charge in [0.15, 0.2) is 0 Å². The number of carbonyl (C=O) groups is 2. The first-order valence-corrected chi connectivity index (χ1v) is 10.1. The summed E-state index contributed by atoms with van der Waals surface area (Å²) < 4.78 is 0. The predicted octanol–water partition coefficient (Wildman–Crippen LogP) is 4.86. The number of rotatable bonds is 6. The quantitative estimate of drug-likeness (QED) is 0.765. The Hall–Kier alpha value is -2.27. The fourth-order valence-corrected chi connectivity index (χ4v) is 4.27. The van der Waals surface area contributed by atoms with Gasteiger partial charge >= 0.3 is 0 Å². The van der Waals surface area contributed by atoms with Crippen LogP contribution in [0.1, 0.15) is 41.6 Å². The molecule has 4 nitrogen and oxygen atoms in total. The summed E-state index contributed by atoms with van der Waals surface area (Å²) in [5, 5.41) is 6.38. The molecule has 0 aromatic heterocycles. The van der Waals surface area contributed by atoms with Gasteiger partial charge in [-0.1, -0.05) is 37.1 Å². The van der Waals surface area contributed by atoms with Crippen LogP contribution in [-0.2, 0) is 4.79 Å². The van der Waals surface area contributed by atoms with Gasteiger partial charge in [-0.15, -0.1) is 11.8 Å². The Labute approximate surface area is 158 Å². The maximum Gasteiger partial charge on any atom is 0.257 e. The van der Waals surface area contributed by atoms with Crippen LogP contribution in [0, 0.1) is 6.92 Å². The number of hydrogen-bond acceptors (Lipinski definition) is 3. The number of carbonyl (C=O) groups excluding carboxylic acids is 2. The van der Waals surface area contributed by atoms with Crippen LogP contribution in [-0.4, -0.2) is 22.8 Å². The molecule has 0 radical (unpaired) electrons. The fourth-order valence-electron chi connectivity index (χ4n) is 3.15. The molecular formula is C21H24N2O2S. The molecule has 3 rings (SSSR count). The van der Waals surface area contributed by atoms with E-state index in [1.165, 1.54) is 25.7 Å². The normalized spacial score (nSPS) is 14.2. The number of aryl methyl sites for hydroxylation is 1. The van der Waals surface area contributed by atoms with Crippen molar-refractivity contribution in [3.8, 4) is 0 Å². The monoisotopic (exact) mass is 368 g/mol. The Balaban J connectivity index is 1.63. The third kappa shape index (κ3) is 5.11. The van der Waals surface area contributed by atoms with Gasteiger partial charge in [0, 0.05) is 10.9 Å². The van der Waals surface area contributed by atoms with Crippen molar-refractivity contribution in [3.63, 3.8) is 0 Å². The average molecular weight is 369 g/mol. The largest absolute Gasteiger partial charge is 0.325 e. The maximum absolute atomic E-state index is 12.6. The summed E-state index contributed by atoms with van der Waals surface area (Å²) in [7, 11) is 0. The molecule has 2 aromatic rings. The molecule has 1 aliphatic rings. The van der Waals surface area contributed by atoms with E-state index in [1.54, 1.807) is 30.0 Å². The molecule has 0 heterocycles. The molecule has 0 saturated heterocycles. The van der Waals surface area contributed by atoms with Gasteiger partial charge in [-0.3, -0.25) is 9.59 Å². The molecule has 2 N–H and O–H groups in total. The van der Waals surface area contributed by atoms with E-state index >= 15 is 0 Å². The molecule has 0 atom stereocenters. The number of nitrogens with one attached hydrogen (secondary N) is 2. The fraction of sp³-hybridized carbons (Fsp3) is 0.333. The van der Waals surface area contributed by atoms with E-state index in [4.69, 9.17) is 0 Å². The third-order valence-electron chi connectivity index (χ3n) is 4.47. The highest BCUT2D eigenvalue weighted by Crippen LogP contribution is 2.29. The number of hydrogen-bond donors (Lipinski definition) is 2. The number of benzene rings is 2. The van der Waals surface area contributed by atoms with Crippen LogP contribution < -0.4 is 10.6 Å². The van der Waals surface area contributed by atoms with Crippen LogP contribution in [0.4, 0.5) is 11.4 Å². The number of amides is 2. The van der Waals surface area contributed by atoms with Gasteiger partial charge in [0.25, 0.3) is 5.91 Å². The zero-order chi connectivity index (χ0) is 18.4. The van der Waals surface area contributed by atoms with E-state index < -0.39 is 0 Å². The Morgan fingerprint density at radius 3 is 2.58 bits per heavy atom. The summed E-state index contributed by atoms with van der Waals surface area (Å²) in [4.78, 5) is 24.9. The first kappa shape index (κ1) is 18.5. The lowest BCUT2D eigenvalue weighted by molar-refractivity contribution is -0.113. The Morgan fingerprint density at radius 2 is 1.81 bits per heavy atom. The van der Waals surface area contributed by atoms with Crippen molar-refractivity contribution < 1.29 is 9.59 Å². The standard InChI is InChI=1S/C21H24N2O2S/c1-15-7-6-8-16(13-15)22-21(25)18-11-4-5-12-19(18)23-20(24)14-26-17-9-2-3-10-17/h4-8,11-13,17H,2-3,9-10,14H2,1H3,(H,22,25)(H,23,24). The molecule has 0 spiro atoms. The molecule has 2 aromatic carbocycles. The number of thioether (sulfide) groups is 1. The van der Waals surface area contributed by atoms with Gasteiger partial charge in [-0.2, -0.15) is 0 Å². The molecule has 136 valence electrons. The van der Waals surface area contributed by atoms with E-state index in [9.17, 15) is 9.59 Å². The number of anilines is 2. The van der Waals surface area contributed by atoms with Crippen molar-refractivity contribution in [2.24, 2.45) is 0 Å². The molecule has 0 aliphatic heterocycles. The van der Waals surface area contributed by atoms with Crippen LogP contribution in [0.5, 0.6) is 0 Å². The molecule has 1 aliphatic carbocycles. The molecule has 0 bridgehead atoms. The Bertz CT molecular complexity index is 785. The molecule has 5 heteroatoms. The summed E-state index contributed by atoms with van der Waals surface area (Å²) in [6.07, 6.45) is 4.93. The average Bonchev–Trinajstić information content (AvgIpc) is 3.14. The molecule has 2 amide bonds. The van der Waals surface area contributed by atoms with E-state index in [1.807, 2.05) is 37.3 Å². The minimum atomic E-state index is -0.227. The molecular weight excluding hydrogens is 344 g/mol. The van der Waals surface area contributed by atoms with E-state index in [0.29, 0.717) is 22.3 Å². The van der Waals surface area contributed by atoms with E-state index in [0.717, 1.165) is 11.3 Å². The predicted molar refractivity (Wildman–Crippen MR) is 109 cm³/mol. The first-order valence-electron chi connectivity index (χ1n) is 9.00. The summed E-state index contributed by atoms with van der Waals surface area (Å²) in [6.45, 7) is 1.98. The highest BCUT2D eigenvalue weighted by molar-refractivity contribution is 8.00. The summed E-state index contributed by atoms with van der Waals surface area (Å²) >= 11 is 1.72. The van der Waals surface area contributed by atoms with E-state index in [-0.39, 0.29) is 11.8 Å². The van der Waals surface area contributed by atoms with Gasteiger partial charge < -0.3 is 10.6 Å². The molecule has 1 saturated carbocycles. The lowest BCUT2D eigenvalue weighted by Gasteiger charge is -2.13. The van der Waals surface area contributed by atoms with Crippen LogP contribution in [0.3, 0.4) is 0 Å². The van der Waals surface area contributed by atoms with Crippen LogP contribution >= 0.6 is 11.8 Å². The highest BCUT2D eigenvalue weighted by Gasteiger charge is 2.18. The Kier molecular flexibility index (Phi) is 6.34. The summed E-state index contributed by atoms with van der Waals surface area (Å²) in [6, 6.07) is 14.8. The smallest absolute Gasteiger partial charge is 0.257 e. The minimum Gasteiger partial charge on any atom is -0.325 e. The third-order valence-corrected chi connectivity index (χ3v) is 5.85. The van der Waals surface area contributed by atoms with Crippen molar-refractivity contribution in [3.05, 3.63) is 59.7 Å². The van der Waals surface area contributed by atoms with Crippen molar-refractivity contribution in [1.29, 1.82) is 0 Å². The molecule has 26 heavy (non-hydrogen) atoms. The zero-order valence-electron chi connectivity index (χ0n) is 15.0. The van der Waals surface area contributed by atoms with Crippen molar-refractivity contribution in [2.75, 3.05) is 16.4 Å². The van der Waals surface area contributed by atoms with Crippen molar-refractivity contribution in [1.82, 2.24) is 0 Å². The lowest BCUT2D eigenvalue weighted by Crippen LogP contribution is -2.20. The summed E-state index contributed by atoms with van der Waals surface area (Å²) in [5.74, 6) is 0.144. The second-order valence-corrected chi connectivity index (χ2v) is 7.92. The lowest BCUT2D eigenvalue weighted by atomic mass is 10.1. The van der Waals surface area contributed by atoms with Gasteiger partial charge in [0.05, 0.1) is 17.0 Å². The van der Waals surface area contributed by atoms with Crippen LogP contribution in [0.2, 0.25) is 0 Å². The molecule has 0 unspecified atom stereocenters.